The maximum Gasteiger partial charge on any atom is 0.276 e. The topological polar surface area (TPSA) is 70.2 Å². The summed E-state index contributed by atoms with van der Waals surface area (Å²) in [5.74, 6) is 2.09. The number of hydrogen-bond donors (Lipinski definition) is 1. The molecular weight excluding hydrogens is 488 g/mol. The van der Waals surface area contributed by atoms with Gasteiger partial charge < -0.3 is 4.42 Å². The molecule has 0 unspecified atom stereocenters. The number of amides is 1. The maximum absolute atomic E-state index is 13.1. The fourth-order valence-corrected chi connectivity index (χ4v) is 4.85. The van der Waals surface area contributed by atoms with Crippen LogP contribution in [0.5, 0.6) is 0 Å². The summed E-state index contributed by atoms with van der Waals surface area (Å²) in [7, 11) is 0. The van der Waals surface area contributed by atoms with E-state index >= 15 is 0 Å². The fraction of sp³-hybridized carbons (Fsp3) is 0.208. The number of amidine groups is 1. The Hall–Kier alpha value is -2.84. The predicted octanol–water partition coefficient (Wildman–Crippen LogP) is 4.39. The van der Waals surface area contributed by atoms with Crippen molar-refractivity contribution in [3.05, 3.63) is 81.5 Å². The van der Waals surface area contributed by atoms with Crippen molar-refractivity contribution in [2.24, 2.45) is 10.1 Å². The molecule has 2 aliphatic rings. The summed E-state index contributed by atoms with van der Waals surface area (Å²) in [4.78, 5) is 18.0. The van der Waals surface area contributed by atoms with Crippen molar-refractivity contribution in [3.63, 3.8) is 0 Å². The smallest absolute Gasteiger partial charge is 0.276 e. The van der Waals surface area contributed by atoms with Crippen LogP contribution in [0.3, 0.4) is 0 Å². The number of halogens is 1. The summed E-state index contributed by atoms with van der Waals surface area (Å²) >= 11 is 5.01. The van der Waals surface area contributed by atoms with E-state index in [0.717, 1.165) is 45.0 Å². The molecule has 2 aromatic carbocycles. The summed E-state index contributed by atoms with van der Waals surface area (Å²) in [6, 6.07) is 19.4. The van der Waals surface area contributed by atoms with Crippen LogP contribution >= 0.6 is 27.7 Å². The van der Waals surface area contributed by atoms with Crippen molar-refractivity contribution in [3.8, 4) is 11.3 Å². The molecule has 32 heavy (non-hydrogen) atoms. The predicted molar refractivity (Wildman–Crippen MR) is 130 cm³/mol. The zero-order chi connectivity index (χ0) is 22.1. The van der Waals surface area contributed by atoms with Gasteiger partial charge in [0.25, 0.3) is 5.91 Å². The first-order chi connectivity index (χ1) is 15.6. The molecule has 1 amide bonds. The lowest BCUT2D eigenvalue weighted by Crippen LogP contribution is -2.50. The molecule has 0 saturated heterocycles. The van der Waals surface area contributed by atoms with Crippen molar-refractivity contribution in [1.29, 1.82) is 0 Å². The number of fused-ring (bicyclic) bond motifs is 2. The molecule has 8 heteroatoms. The van der Waals surface area contributed by atoms with Crippen molar-refractivity contribution in [2.75, 3.05) is 5.75 Å². The standard InChI is InChI=1S/C24H21BrN4O2S/c1-2-3-14-32-24-27-23(30)21-17-6-4-5-7-18(17)26-22(29(21)28-24)20-13-12-19(31-20)15-8-10-16(25)11-9-15/h4-13,22H,2-3,14H2,1H3,(H,27,28,30)/t22-/m1/s1. The van der Waals surface area contributed by atoms with Gasteiger partial charge in [0.1, 0.15) is 11.5 Å². The molecule has 3 heterocycles. The number of para-hydroxylation sites is 1. The lowest BCUT2D eigenvalue weighted by molar-refractivity contribution is -0.116. The molecule has 1 N–H and O–H groups in total. The Morgan fingerprint density at radius 1 is 1.12 bits per heavy atom. The molecule has 0 spiro atoms. The van der Waals surface area contributed by atoms with E-state index in [9.17, 15) is 4.79 Å². The Kier molecular flexibility index (Phi) is 5.89. The Balaban J connectivity index is 1.57. The molecule has 0 radical (unpaired) electrons. The number of nitrogens with zero attached hydrogens (tertiary/aromatic N) is 3. The van der Waals surface area contributed by atoms with E-state index in [0.29, 0.717) is 16.6 Å². The number of carbonyl (C=O) groups excluding carboxylic acids is 1. The van der Waals surface area contributed by atoms with E-state index in [1.807, 2.05) is 60.7 Å². The molecular formula is C24H21BrN4O2S. The zero-order valence-corrected chi connectivity index (χ0v) is 19.8. The second-order valence-electron chi connectivity index (χ2n) is 7.48. The Morgan fingerprint density at radius 2 is 1.94 bits per heavy atom. The van der Waals surface area contributed by atoms with Crippen LogP contribution in [0, 0.1) is 0 Å². The van der Waals surface area contributed by atoms with Gasteiger partial charge in [-0.05, 0) is 36.8 Å². The molecule has 3 aromatic rings. The molecule has 0 bridgehead atoms. The Labute approximate surface area is 198 Å². The number of hydrogen-bond acceptors (Lipinski definition) is 6. The number of furan rings is 1. The van der Waals surface area contributed by atoms with Crippen molar-refractivity contribution in [2.45, 2.75) is 25.9 Å². The lowest BCUT2D eigenvalue weighted by Gasteiger charge is -2.32. The van der Waals surface area contributed by atoms with E-state index in [1.165, 1.54) is 0 Å². The first-order valence-corrected chi connectivity index (χ1v) is 12.3. The van der Waals surface area contributed by atoms with E-state index in [4.69, 9.17) is 14.5 Å². The first kappa shape index (κ1) is 21.0. The van der Waals surface area contributed by atoms with Crippen LogP contribution in [-0.2, 0) is 4.79 Å². The summed E-state index contributed by atoms with van der Waals surface area (Å²) in [6.45, 7) is 2.14. The molecule has 2 aliphatic heterocycles. The third kappa shape index (κ3) is 4.00. The largest absolute Gasteiger partial charge is 0.457 e. The van der Waals surface area contributed by atoms with Crippen LogP contribution in [-0.4, -0.2) is 21.8 Å². The van der Waals surface area contributed by atoms with E-state index in [1.54, 1.807) is 16.8 Å². The van der Waals surface area contributed by atoms with Crippen LogP contribution in [0.25, 0.3) is 17.0 Å². The Bertz CT molecular complexity index is 1320. The SMILES string of the molecule is CCCCSC1=NN2C(=c3ccccc3=N[C@H]2c2ccc(-c3ccc(Br)cc3)o2)C(=O)N1. The normalized spacial score (nSPS) is 17.2. The highest BCUT2D eigenvalue weighted by atomic mass is 79.9. The van der Waals surface area contributed by atoms with Gasteiger partial charge in [0.05, 0.1) is 5.36 Å². The monoisotopic (exact) mass is 508 g/mol. The molecule has 6 nitrogen and oxygen atoms in total. The van der Waals surface area contributed by atoms with Gasteiger partial charge in [-0.15, -0.1) is 5.10 Å². The second-order valence-corrected chi connectivity index (χ2v) is 9.48. The molecule has 0 aliphatic carbocycles. The molecule has 0 saturated carbocycles. The third-order valence-electron chi connectivity index (χ3n) is 5.26. The summed E-state index contributed by atoms with van der Waals surface area (Å²) < 4.78 is 7.22. The highest BCUT2D eigenvalue weighted by molar-refractivity contribution is 9.10. The molecule has 1 atom stereocenters. The van der Waals surface area contributed by atoms with Crippen LogP contribution in [0.2, 0.25) is 0 Å². The summed E-state index contributed by atoms with van der Waals surface area (Å²) in [5.41, 5.74) is 1.46. The Morgan fingerprint density at radius 3 is 2.75 bits per heavy atom. The van der Waals surface area contributed by atoms with Gasteiger partial charge in [-0.2, -0.15) is 0 Å². The quantitative estimate of drug-likeness (QED) is 0.519. The molecule has 5 rings (SSSR count). The van der Waals surface area contributed by atoms with Crippen molar-refractivity contribution < 1.29 is 9.21 Å². The van der Waals surface area contributed by atoms with E-state index in [2.05, 4.69) is 28.2 Å². The first-order valence-electron chi connectivity index (χ1n) is 10.5. The molecule has 1 aromatic heterocycles. The van der Waals surface area contributed by atoms with E-state index in [-0.39, 0.29) is 5.91 Å². The number of nitrogens with one attached hydrogen (secondary N) is 1. The number of hydrazone groups is 1. The van der Waals surface area contributed by atoms with Crippen molar-refractivity contribution in [1.82, 2.24) is 10.3 Å². The van der Waals surface area contributed by atoms with Gasteiger partial charge >= 0.3 is 0 Å². The zero-order valence-electron chi connectivity index (χ0n) is 17.4. The average Bonchev–Trinajstić information content (AvgIpc) is 3.29. The third-order valence-corrected chi connectivity index (χ3v) is 6.74. The van der Waals surface area contributed by atoms with Crippen LogP contribution < -0.4 is 15.9 Å². The van der Waals surface area contributed by atoms with Gasteiger partial charge in [-0.25, -0.2) is 10.0 Å². The van der Waals surface area contributed by atoms with Gasteiger partial charge in [0.15, 0.2) is 10.9 Å². The minimum Gasteiger partial charge on any atom is -0.457 e. The molecule has 0 fully saturated rings. The minimum atomic E-state index is -0.558. The fourth-order valence-electron chi connectivity index (χ4n) is 3.65. The molecule has 162 valence electrons. The van der Waals surface area contributed by atoms with E-state index < -0.39 is 6.17 Å². The van der Waals surface area contributed by atoms with Crippen LogP contribution in [0.4, 0.5) is 0 Å². The number of thioether (sulfide) groups is 1. The number of carbonyl (C=O) groups is 1. The lowest BCUT2D eigenvalue weighted by atomic mass is 10.1. The highest BCUT2D eigenvalue weighted by Crippen LogP contribution is 2.34. The second kappa shape index (κ2) is 8.96. The number of rotatable bonds is 5. The summed E-state index contributed by atoms with van der Waals surface area (Å²) in [6.07, 6.45) is 1.59. The minimum absolute atomic E-state index is 0.175. The van der Waals surface area contributed by atoms with Gasteiger partial charge in [-0.1, -0.05) is 71.4 Å². The van der Waals surface area contributed by atoms with Gasteiger partial charge in [0, 0.05) is 21.0 Å². The number of unbranched alkanes of at least 4 members (excludes halogenated alkanes) is 1. The van der Waals surface area contributed by atoms with Crippen LogP contribution in [0.15, 0.2) is 79.6 Å². The maximum atomic E-state index is 13.1. The van der Waals surface area contributed by atoms with Gasteiger partial charge in [0.2, 0.25) is 6.17 Å². The van der Waals surface area contributed by atoms with Crippen LogP contribution in [0.1, 0.15) is 31.7 Å². The number of benzene rings is 2. The average molecular weight is 509 g/mol. The van der Waals surface area contributed by atoms with Crippen molar-refractivity contribution >= 4 is 44.5 Å². The van der Waals surface area contributed by atoms with Gasteiger partial charge in [-0.3, -0.25) is 10.1 Å². The summed E-state index contributed by atoms with van der Waals surface area (Å²) in [5, 5.41) is 11.5. The highest BCUT2D eigenvalue weighted by Gasteiger charge is 2.35.